The molecule has 1 amide bonds. The number of carboxylic acids is 1. The van der Waals surface area contributed by atoms with E-state index in [-0.39, 0.29) is 18.9 Å². The van der Waals surface area contributed by atoms with Gasteiger partial charge in [0.2, 0.25) is 0 Å². The molecule has 1 heterocycles. The molecule has 0 radical (unpaired) electrons. The van der Waals surface area contributed by atoms with Gasteiger partial charge in [-0.2, -0.15) is 0 Å². The lowest BCUT2D eigenvalue weighted by Gasteiger charge is -2.24. The topological polar surface area (TPSA) is 94.1 Å². The average Bonchev–Trinajstić information content (AvgIpc) is 3.28. The van der Waals surface area contributed by atoms with Crippen LogP contribution in [0.2, 0.25) is 0 Å². The Kier molecular flexibility index (Phi) is 8.11. The number of carbonyl (C=O) groups is 2. The summed E-state index contributed by atoms with van der Waals surface area (Å²) < 4.78 is 16.9. The number of aliphatic carboxylic acids is 1. The Morgan fingerprint density at radius 2 is 1.91 bits per heavy atom. The highest BCUT2D eigenvalue weighted by Crippen LogP contribution is 2.31. The van der Waals surface area contributed by atoms with E-state index >= 15 is 0 Å². The summed E-state index contributed by atoms with van der Waals surface area (Å²) in [5.41, 5.74) is 0.973. The van der Waals surface area contributed by atoms with Gasteiger partial charge in [0.1, 0.15) is 11.5 Å². The third-order valence-corrected chi connectivity index (χ3v) is 5.44. The predicted octanol–water partition coefficient (Wildman–Crippen LogP) is 3.98. The Bertz CT molecular complexity index is 919. The van der Waals surface area contributed by atoms with Crippen LogP contribution in [0.1, 0.15) is 54.6 Å². The van der Waals surface area contributed by atoms with Crippen LogP contribution in [0.4, 0.5) is 0 Å². The summed E-state index contributed by atoms with van der Waals surface area (Å²) in [7, 11) is 0. The van der Waals surface area contributed by atoms with Crippen LogP contribution >= 0.6 is 0 Å². The van der Waals surface area contributed by atoms with Crippen LogP contribution in [0.5, 0.6) is 11.5 Å². The van der Waals surface area contributed by atoms with E-state index in [1.807, 2.05) is 32.0 Å². The first-order valence-electron chi connectivity index (χ1n) is 11.1. The molecule has 1 saturated heterocycles. The molecule has 32 heavy (non-hydrogen) atoms. The first-order valence-corrected chi connectivity index (χ1v) is 11.1. The van der Waals surface area contributed by atoms with Crippen molar-refractivity contribution >= 4 is 11.9 Å². The van der Waals surface area contributed by atoms with Crippen molar-refractivity contribution in [3.05, 3.63) is 59.2 Å². The minimum atomic E-state index is -1.19. The monoisotopic (exact) mass is 441 g/mol. The van der Waals surface area contributed by atoms with E-state index < -0.39 is 11.6 Å². The zero-order chi connectivity index (χ0) is 23.0. The molecular formula is C25H31NO6. The number of benzene rings is 2. The lowest BCUT2D eigenvalue weighted by atomic mass is 9.91. The fraction of sp³-hybridized carbons (Fsp3) is 0.440. The highest BCUT2D eigenvalue weighted by Gasteiger charge is 2.43. The molecule has 7 nitrogen and oxygen atoms in total. The van der Waals surface area contributed by atoms with Gasteiger partial charge >= 0.3 is 5.97 Å². The highest BCUT2D eigenvalue weighted by molar-refractivity contribution is 5.94. The van der Waals surface area contributed by atoms with Gasteiger partial charge in [-0.05, 0) is 62.1 Å². The van der Waals surface area contributed by atoms with E-state index in [2.05, 4.69) is 5.32 Å². The molecule has 2 aromatic rings. The Morgan fingerprint density at radius 1 is 1.12 bits per heavy atom. The minimum Gasteiger partial charge on any atom is -0.494 e. The molecule has 0 aliphatic carbocycles. The van der Waals surface area contributed by atoms with Crippen LogP contribution in [0.15, 0.2) is 42.5 Å². The van der Waals surface area contributed by atoms with Gasteiger partial charge in [0.15, 0.2) is 5.60 Å². The molecule has 0 saturated carbocycles. The number of nitrogens with one attached hydrogen (secondary N) is 1. The molecule has 2 N–H and O–H groups in total. The summed E-state index contributed by atoms with van der Waals surface area (Å²) in [5.74, 6) is 0.249. The molecule has 7 heteroatoms. The molecule has 172 valence electrons. The maximum atomic E-state index is 12.6. The first kappa shape index (κ1) is 23.6. The number of rotatable bonds is 11. The summed E-state index contributed by atoms with van der Waals surface area (Å²) in [5, 5.41) is 12.6. The number of carbonyl (C=O) groups excluding carboxylic acids is 1. The lowest BCUT2D eigenvalue weighted by Crippen LogP contribution is -2.40. The van der Waals surface area contributed by atoms with Crippen LogP contribution in [0.3, 0.4) is 0 Å². The van der Waals surface area contributed by atoms with E-state index in [0.717, 1.165) is 29.7 Å². The van der Waals surface area contributed by atoms with Crippen LogP contribution in [-0.2, 0) is 22.5 Å². The Hall–Kier alpha value is -3.06. The zero-order valence-electron chi connectivity index (χ0n) is 18.7. The van der Waals surface area contributed by atoms with Gasteiger partial charge in [-0.15, -0.1) is 0 Å². The maximum Gasteiger partial charge on any atom is 0.336 e. The third kappa shape index (κ3) is 5.79. The van der Waals surface area contributed by atoms with Crippen molar-refractivity contribution in [3.8, 4) is 11.5 Å². The standard InChI is InChI=1S/C25H31NO6/c1-3-13-31-21-9-7-19(8-10-21)23(27)26-17-20-15-18(6-11-22(20)30-4-2)16-25(24(28)29)12-5-14-32-25/h6-11,15H,3-5,12-14,16-17H2,1-2H3,(H,26,27)(H,28,29). The molecule has 0 spiro atoms. The number of amides is 1. The van der Waals surface area contributed by atoms with Crippen LogP contribution in [0, 0.1) is 0 Å². The largest absolute Gasteiger partial charge is 0.494 e. The van der Waals surface area contributed by atoms with Gasteiger partial charge in [0.05, 0.1) is 13.2 Å². The van der Waals surface area contributed by atoms with E-state index in [9.17, 15) is 14.7 Å². The number of carboxylic acid groups (broad SMARTS) is 1. The number of hydrogen-bond acceptors (Lipinski definition) is 5. The highest BCUT2D eigenvalue weighted by atomic mass is 16.5. The quantitative estimate of drug-likeness (QED) is 0.548. The third-order valence-electron chi connectivity index (χ3n) is 5.44. The molecule has 0 aromatic heterocycles. The van der Waals surface area contributed by atoms with Crippen molar-refractivity contribution < 1.29 is 28.9 Å². The summed E-state index contributed by atoms with van der Waals surface area (Å²) in [6.07, 6.45) is 2.41. The van der Waals surface area contributed by atoms with Crippen molar-refractivity contribution in [1.82, 2.24) is 5.32 Å². The van der Waals surface area contributed by atoms with Gasteiger partial charge < -0.3 is 24.6 Å². The van der Waals surface area contributed by atoms with Crippen molar-refractivity contribution in [1.29, 1.82) is 0 Å². The van der Waals surface area contributed by atoms with Crippen LogP contribution < -0.4 is 14.8 Å². The van der Waals surface area contributed by atoms with Gasteiger partial charge in [0, 0.05) is 30.7 Å². The summed E-state index contributed by atoms with van der Waals surface area (Å²) >= 11 is 0. The Labute approximate surface area is 188 Å². The SMILES string of the molecule is CCCOc1ccc(C(=O)NCc2cc(CC3(C(=O)O)CCCO3)ccc2OCC)cc1. The van der Waals surface area contributed by atoms with Crippen LogP contribution in [-0.4, -0.2) is 42.4 Å². The van der Waals surface area contributed by atoms with Crippen molar-refractivity contribution in [3.63, 3.8) is 0 Å². The van der Waals surface area contributed by atoms with Gasteiger partial charge in [-0.3, -0.25) is 4.79 Å². The molecule has 1 atom stereocenters. The Morgan fingerprint density at radius 3 is 2.53 bits per heavy atom. The van der Waals surface area contributed by atoms with E-state index in [1.165, 1.54) is 0 Å². The second-order valence-corrected chi connectivity index (χ2v) is 7.86. The van der Waals surface area contributed by atoms with E-state index in [4.69, 9.17) is 14.2 Å². The molecular weight excluding hydrogens is 410 g/mol. The predicted molar refractivity (Wildman–Crippen MR) is 120 cm³/mol. The van der Waals surface area contributed by atoms with Gasteiger partial charge in [-0.1, -0.05) is 19.1 Å². The van der Waals surface area contributed by atoms with Crippen molar-refractivity contribution in [2.24, 2.45) is 0 Å². The molecule has 1 unspecified atom stereocenters. The lowest BCUT2D eigenvalue weighted by molar-refractivity contribution is -0.159. The fourth-order valence-corrected chi connectivity index (χ4v) is 3.79. The average molecular weight is 442 g/mol. The molecule has 1 aliphatic heterocycles. The van der Waals surface area contributed by atoms with E-state index in [0.29, 0.717) is 37.6 Å². The molecule has 2 aromatic carbocycles. The molecule has 1 fully saturated rings. The summed E-state index contributed by atoms with van der Waals surface area (Å²) in [6.45, 7) is 5.77. The summed E-state index contributed by atoms with van der Waals surface area (Å²) in [6, 6.07) is 12.6. The second kappa shape index (κ2) is 11.0. The molecule has 3 rings (SSSR count). The van der Waals surface area contributed by atoms with Crippen molar-refractivity contribution in [2.75, 3.05) is 19.8 Å². The summed E-state index contributed by atoms with van der Waals surface area (Å²) in [4.78, 5) is 24.4. The van der Waals surface area contributed by atoms with Crippen molar-refractivity contribution in [2.45, 2.75) is 51.7 Å². The zero-order valence-corrected chi connectivity index (χ0v) is 18.7. The van der Waals surface area contributed by atoms with Gasteiger partial charge in [0.25, 0.3) is 5.91 Å². The van der Waals surface area contributed by atoms with Crippen LogP contribution in [0.25, 0.3) is 0 Å². The number of hydrogen-bond donors (Lipinski definition) is 2. The fourth-order valence-electron chi connectivity index (χ4n) is 3.79. The first-order chi connectivity index (χ1) is 15.5. The Balaban J connectivity index is 1.70. The molecule has 1 aliphatic rings. The number of ether oxygens (including phenoxy) is 3. The van der Waals surface area contributed by atoms with Gasteiger partial charge in [-0.25, -0.2) is 4.79 Å². The maximum absolute atomic E-state index is 12.6. The normalized spacial score (nSPS) is 17.7. The second-order valence-electron chi connectivity index (χ2n) is 7.86. The smallest absolute Gasteiger partial charge is 0.336 e. The minimum absolute atomic E-state index is 0.207. The molecule has 0 bridgehead atoms. The van der Waals surface area contributed by atoms with E-state index in [1.54, 1.807) is 24.3 Å².